The Bertz CT molecular complexity index is 1120. The number of aromatic nitrogens is 3. The summed E-state index contributed by atoms with van der Waals surface area (Å²) in [6.45, 7) is 2.37. The Morgan fingerprint density at radius 2 is 2.00 bits per heavy atom. The van der Waals surface area contributed by atoms with Crippen LogP contribution in [-0.2, 0) is 9.59 Å². The van der Waals surface area contributed by atoms with Crippen LogP contribution in [0.15, 0.2) is 52.5 Å². The first-order valence-electron chi connectivity index (χ1n) is 8.95. The lowest BCUT2D eigenvalue weighted by molar-refractivity contribution is -0.140. The number of pyridine rings is 1. The second kappa shape index (κ2) is 7.55. The van der Waals surface area contributed by atoms with Gasteiger partial charge in [-0.15, -0.1) is 0 Å². The van der Waals surface area contributed by atoms with Gasteiger partial charge in [-0.3, -0.25) is 19.3 Å². The molecule has 1 aliphatic heterocycles. The van der Waals surface area contributed by atoms with Crippen molar-refractivity contribution in [1.82, 2.24) is 19.4 Å². The van der Waals surface area contributed by atoms with E-state index in [1.54, 1.807) is 30.5 Å². The highest BCUT2D eigenvalue weighted by Crippen LogP contribution is 2.22. The molecule has 0 spiro atoms. The number of thioether (sulfide) groups is 1. The van der Waals surface area contributed by atoms with Crippen LogP contribution in [0.25, 0.3) is 16.7 Å². The van der Waals surface area contributed by atoms with Crippen molar-refractivity contribution >= 4 is 34.5 Å². The van der Waals surface area contributed by atoms with E-state index in [1.807, 2.05) is 19.1 Å². The number of carbonyl (C=O) groups excluding carboxylic acids is 2. The number of imide groups is 1. The summed E-state index contributed by atoms with van der Waals surface area (Å²) in [6.07, 6.45) is 2.78. The molecule has 2 aromatic heterocycles. The fraction of sp³-hybridized carbons (Fsp3) is 0.250. The fourth-order valence-corrected chi connectivity index (χ4v) is 4.00. The molecule has 0 radical (unpaired) electrons. The van der Waals surface area contributed by atoms with Gasteiger partial charge in [0.1, 0.15) is 5.82 Å². The maximum absolute atomic E-state index is 13.1. The molecule has 28 heavy (non-hydrogen) atoms. The number of benzene rings is 1. The van der Waals surface area contributed by atoms with Gasteiger partial charge in [-0.1, -0.05) is 30.0 Å². The SMILES string of the molecule is Cc1ccc(-n2c(SCC(=O)N3CCCC3=O)nc3ccccc3c2=O)nc1. The van der Waals surface area contributed by atoms with Crippen LogP contribution in [0.3, 0.4) is 0 Å². The summed E-state index contributed by atoms with van der Waals surface area (Å²) < 4.78 is 1.42. The van der Waals surface area contributed by atoms with Gasteiger partial charge in [0.05, 0.1) is 16.7 Å². The van der Waals surface area contributed by atoms with E-state index < -0.39 is 0 Å². The molecule has 2 amide bonds. The molecule has 1 aromatic carbocycles. The highest BCUT2D eigenvalue weighted by molar-refractivity contribution is 7.99. The lowest BCUT2D eigenvalue weighted by atomic mass is 10.2. The van der Waals surface area contributed by atoms with Crippen molar-refractivity contribution in [3.05, 3.63) is 58.5 Å². The second-order valence-electron chi connectivity index (χ2n) is 6.58. The number of nitrogens with zero attached hydrogens (tertiary/aromatic N) is 4. The number of hydrogen-bond donors (Lipinski definition) is 0. The van der Waals surface area contributed by atoms with Gasteiger partial charge < -0.3 is 0 Å². The van der Waals surface area contributed by atoms with Crippen LogP contribution in [0.4, 0.5) is 0 Å². The molecule has 1 aliphatic rings. The van der Waals surface area contributed by atoms with Gasteiger partial charge in [0, 0.05) is 19.2 Å². The highest BCUT2D eigenvalue weighted by atomic mass is 32.2. The van der Waals surface area contributed by atoms with Crippen molar-refractivity contribution in [2.45, 2.75) is 24.9 Å². The molecule has 8 heteroatoms. The van der Waals surface area contributed by atoms with E-state index in [-0.39, 0.29) is 23.1 Å². The molecular formula is C20H18N4O3S. The Kier molecular flexibility index (Phi) is 4.95. The first-order chi connectivity index (χ1) is 13.5. The molecule has 0 N–H and O–H groups in total. The van der Waals surface area contributed by atoms with E-state index in [0.29, 0.717) is 41.3 Å². The van der Waals surface area contributed by atoms with Crippen molar-refractivity contribution in [2.24, 2.45) is 0 Å². The molecule has 142 valence electrons. The summed E-state index contributed by atoms with van der Waals surface area (Å²) in [5.74, 6) is 0.0663. The summed E-state index contributed by atoms with van der Waals surface area (Å²) >= 11 is 1.14. The van der Waals surface area contributed by atoms with E-state index >= 15 is 0 Å². The van der Waals surface area contributed by atoms with Gasteiger partial charge in [-0.25, -0.2) is 14.5 Å². The Morgan fingerprint density at radius 1 is 1.18 bits per heavy atom. The van der Waals surface area contributed by atoms with Gasteiger partial charge in [-0.2, -0.15) is 0 Å². The van der Waals surface area contributed by atoms with Gasteiger partial charge in [0.15, 0.2) is 5.16 Å². The maximum Gasteiger partial charge on any atom is 0.267 e. The number of carbonyl (C=O) groups is 2. The average molecular weight is 394 g/mol. The number of aryl methyl sites for hydroxylation is 1. The summed E-state index contributed by atoms with van der Waals surface area (Å²) in [5.41, 5.74) is 1.29. The van der Waals surface area contributed by atoms with Gasteiger partial charge in [-0.05, 0) is 37.1 Å². The average Bonchev–Trinajstić information content (AvgIpc) is 3.13. The smallest absolute Gasteiger partial charge is 0.267 e. The lowest BCUT2D eigenvalue weighted by Gasteiger charge is -2.15. The monoisotopic (exact) mass is 394 g/mol. The maximum atomic E-state index is 13.1. The molecule has 0 saturated carbocycles. The van der Waals surface area contributed by atoms with Crippen molar-refractivity contribution in [3.8, 4) is 5.82 Å². The van der Waals surface area contributed by atoms with E-state index in [4.69, 9.17) is 0 Å². The lowest BCUT2D eigenvalue weighted by Crippen LogP contribution is -2.33. The molecule has 4 rings (SSSR count). The zero-order valence-electron chi connectivity index (χ0n) is 15.3. The normalized spacial score (nSPS) is 14.0. The Morgan fingerprint density at radius 3 is 2.71 bits per heavy atom. The third-order valence-electron chi connectivity index (χ3n) is 4.57. The zero-order chi connectivity index (χ0) is 19.7. The first-order valence-corrected chi connectivity index (χ1v) is 9.94. The molecule has 3 heterocycles. The second-order valence-corrected chi connectivity index (χ2v) is 7.52. The van der Waals surface area contributed by atoms with Gasteiger partial charge >= 0.3 is 0 Å². The van der Waals surface area contributed by atoms with Crippen molar-refractivity contribution in [1.29, 1.82) is 0 Å². The zero-order valence-corrected chi connectivity index (χ0v) is 16.1. The largest absolute Gasteiger partial charge is 0.282 e. The number of rotatable bonds is 4. The van der Waals surface area contributed by atoms with Crippen LogP contribution in [0.2, 0.25) is 0 Å². The minimum atomic E-state index is -0.265. The highest BCUT2D eigenvalue weighted by Gasteiger charge is 2.26. The molecule has 0 aliphatic carbocycles. The molecule has 7 nitrogen and oxygen atoms in total. The standard InChI is InChI=1S/C20H18N4O3S/c1-13-8-9-16(21-11-13)24-19(27)14-5-2-3-6-15(14)22-20(24)28-12-18(26)23-10-4-7-17(23)25/h2-3,5-6,8-9,11H,4,7,10,12H2,1H3. The number of fused-ring (bicyclic) bond motifs is 1. The van der Waals surface area contributed by atoms with Crippen LogP contribution in [-0.4, -0.2) is 43.5 Å². The minimum absolute atomic E-state index is 0.0301. The number of hydrogen-bond acceptors (Lipinski definition) is 6. The molecule has 1 saturated heterocycles. The molecular weight excluding hydrogens is 376 g/mol. The van der Waals surface area contributed by atoms with E-state index in [9.17, 15) is 14.4 Å². The van der Waals surface area contributed by atoms with E-state index in [2.05, 4.69) is 9.97 Å². The summed E-state index contributed by atoms with van der Waals surface area (Å²) in [5, 5.41) is 0.857. The van der Waals surface area contributed by atoms with E-state index in [1.165, 1.54) is 9.47 Å². The Hall–Kier alpha value is -3.00. The first kappa shape index (κ1) is 18.4. The number of likely N-dealkylation sites (tertiary alicyclic amines) is 1. The van der Waals surface area contributed by atoms with Crippen LogP contribution in [0.1, 0.15) is 18.4 Å². The predicted molar refractivity (Wildman–Crippen MR) is 107 cm³/mol. The van der Waals surface area contributed by atoms with Crippen LogP contribution in [0.5, 0.6) is 0 Å². The molecule has 3 aromatic rings. The third-order valence-corrected chi connectivity index (χ3v) is 5.49. The molecule has 0 unspecified atom stereocenters. The fourth-order valence-electron chi connectivity index (χ4n) is 3.12. The van der Waals surface area contributed by atoms with Crippen molar-refractivity contribution < 1.29 is 9.59 Å². The summed E-state index contributed by atoms with van der Waals surface area (Å²) in [6, 6.07) is 10.7. The van der Waals surface area contributed by atoms with Gasteiger partial charge in [0.2, 0.25) is 11.8 Å². The molecule has 1 fully saturated rings. The van der Waals surface area contributed by atoms with Gasteiger partial charge in [0.25, 0.3) is 5.56 Å². The molecule has 0 atom stereocenters. The van der Waals surface area contributed by atoms with Crippen LogP contribution >= 0.6 is 11.8 Å². The third kappa shape index (κ3) is 3.43. The number of para-hydroxylation sites is 1. The topological polar surface area (TPSA) is 85.2 Å². The Balaban J connectivity index is 1.74. The number of amides is 2. The van der Waals surface area contributed by atoms with Crippen molar-refractivity contribution in [3.63, 3.8) is 0 Å². The van der Waals surface area contributed by atoms with E-state index in [0.717, 1.165) is 17.3 Å². The Labute approximate surface area is 165 Å². The predicted octanol–water partition coefficient (Wildman–Crippen LogP) is 2.33. The summed E-state index contributed by atoms with van der Waals surface area (Å²) in [7, 11) is 0. The summed E-state index contributed by atoms with van der Waals surface area (Å²) in [4.78, 5) is 47.5. The van der Waals surface area contributed by atoms with Crippen molar-refractivity contribution in [2.75, 3.05) is 12.3 Å². The quantitative estimate of drug-likeness (QED) is 0.499. The molecule has 0 bridgehead atoms. The van der Waals surface area contributed by atoms with Crippen LogP contribution < -0.4 is 5.56 Å². The van der Waals surface area contributed by atoms with Crippen LogP contribution in [0, 0.1) is 6.92 Å². The minimum Gasteiger partial charge on any atom is -0.282 e.